The van der Waals surface area contributed by atoms with E-state index < -0.39 is 5.97 Å². The Morgan fingerprint density at radius 1 is 1.73 bits per heavy atom. The molecule has 0 aliphatic heterocycles. The lowest BCUT2D eigenvalue weighted by Crippen LogP contribution is -2.26. The molecule has 0 aliphatic carbocycles. The zero-order valence-electron chi connectivity index (χ0n) is 8.90. The summed E-state index contributed by atoms with van der Waals surface area (Å²) in [5.41, 5.74) is 1.65. The van der Waals surface area contributed by atoms with Crippen molar-refractivity contribution in [1.29, 1.82) is 0 Å². The van der Waals surface area contributed by atoms with Crippen LogP contribution in [0.4, 0.5) is 5.00 Å². The summed E-state index contributed by atoms with van der Waals surface area (Å²) >= 11 is 3.05. The van der Waals surface area contributed by atoms with E-state index in [1.165, 1.54) is 16.8 Å². The van der Waals surface area contributed by atoms with Gasteiger partial charge < -0.3 is 10.4 Å². The number of nitrogens with one attached hydrogen (secondary N) is 1. The van der Waals surface area contributed by atoms with Crippen LogP contribution in [-0.2, 0) is 0 Å². The second-order valence-electron chi connectivity index (χ2n) is 3.65. The van der Waals surface area contributed by atoms with Gasteiger partial charge in [0.1, 0.15) is 5.00 Å². The van der Waals surface area contributed by atoms with Gasteiger partial charge >= 0.3 is 5.97 Å². The fourth-order valence-electron chi connectivity index (χ4n) is 0.889. The summed E-state index contributed by atoms with van der Waals surface area (Å²) in [4.78, 5) is 14.6. The molecule has 0 atom stereocenters. The van der Waals surface area contributed by atoms with Crippen molar-refractivity contribution in [1.82, 2.24) is 4.98 Å². The maximum Gasteiger partial charge on any atom is 0.357 e. The summed E-state index contributed by atoms with van der Waals surface area (Å²) < 4.78 is 0.0831. The first-order valence-corrected chi connectivity index (χ1v) is 6.52. The number of nitrogens with zero attached hydrogens (tertiary/aromatic N) is 1. The van der Waals surface area contributed by atoms with E-state index in [0.29, 0.717) is 5.00 Å². The molecular formula is C9H14N2O2S2. The molecule has 1 rings (SSSR count). The predicted molar refractivity (Wildman–Crippen MR) is 65.2 cm³/mol. The Morgan fingerprint density at radius 2 is 2.40 bits per heavy atom. The quantitative estimate of drug-likeness (QED) is 0.835. The third-order valence-corrected chi connectivity index (χ3v) is 4.03. The summed E-state index contributed by atoms with van der Waals surface area (Å²) in [5, 5.41) is 12.6. The first kappa shape index (κ1) is 12.3. The summed E-state index contributed by atoms with van der Waals surface area (Å²) in [6.07, 6.45) is 2.03. The largest absolute Gasteiger partial charge is 0.476 e. The van der Waals surface area contributed by atoms with Crippen LogP contribution in [0.3, 0.4) is 0 Å². The zero-order chi connectivity index (χ0) is 11.5. The average molecular weight is 246 g/mol. The van der Waals surface area contributed by atoms with E-state index in [2.05, 4.69) is 24.1 Å². The number of anilines is 1. The normalized spacial score (nSPS) is 11.4. The highest BCUT2D eigenvalue weighted by molar-refractivity contribution is 7.99. The molecule has 84 valence electrons. The summed E-state index contributed by atoms with van der Waals surface area (Å²) in [6, 6.07) is 0. The third-order valence-electron chi connectivity index (χ3n) is 2.00. The lowest BCUT2D eigenvalue weighted by molar-refractivity contribution is 0.0692. The number of carboxylic acid groups (broad SMARTS) is 1. The van der Waals surface area contributed by atoms with Gasteiger partial charge in [-0.1, -0.05) is 0 Å². The number of aromatic carboxylic acids is 1. The molecule has 0 aliphatic rings. The number of hydrogen-bond donors (Lipinski definition) is 2. The molecule has 0 fully saturated rings. The van der Waals surface area contributed by atoms with Crippen molar-refractivity contribution in [3.8, 4) is 0 Å². The van der Waals surface area contributed by atoms with Gasteiger partial charge in [-0.25, -0.2) is 9.78 Å². The summed E-state index contributed by atoms with van der Waals surface area (Å²) in [6.45, 7) is 4.93. The maximum absolute atomic E-state index is 10.8. The van der Waals surface area contributed by atoms with Gasteiger partial charge in [-0.3, -0.25) is 0 Å². The Kier molecular flexibility index (Phi) is 3.98. The minimum absolute atomic E-state index is 0.0831. The summed E-state index contributed by atoms with van der Waals surface area (Å²) in [5.74, 6) is -0.985. The molecule has 0 aromatic carbocycles. The van der Waals surface area contributed by atoms with E-state index in [0.717, 1.165) is 6.54 Å². The molecule has 0 saturated carbocycles. The van der Waals surface area contributed by atoms with Gasteiger partial charge in [-0.15, -0.1) is 11.3 Å². The second kappa shape index (κ2) is 4.85. The number of carbonyl (C=O) groups is 1. The van der Waals surface area contributed by atoms with Gasteiger partial charge in [0.05, 0.1) is 5.51 Å². The standard InChI is InChI=1S/C9H14N2O2S2/c1-9(2,14-3)4-10-7-6(8(12)13)11-5-15-7/h5,10H,4H2,1-3H3,(H,12,13). The number of aromatic nitrogens is 1. The van der Waals surface area contributed by atoms with E-state index in [-0.39, 0.29) is 10.4 Å². The molecular weight excluding hydrogens is 232 g/mol. The van der Waals surface area contributed by atoms with Crippen molar-refractivity contribution in [3.05, 3.63) is 11.2 Å². The minimum atomic E-state index is -0.985. The number of hydrogen-bond acceptors (Lipinski definition) is 5. The number of thioether (sulfide) groups is 1. The van der Waals surface area contributed by atoms with Gasteiger partial charge in [0, 0.05) is 11.3 Å². The van der Waals surface area contributed by atoms with E-state index in [9.17, 15) is 4.79 Å². The molecule has 4 nitrogen and oxygen atoms in total. The Labute approximate surface area is 97.1 Å². The van der Waals surface area contributed by atoms with Crippen LogP contribution in [-0.4, -0.2) is 33.6 Å². The molecule has 1 aromatic heterocycles. The van der Waals surface area contributed by atoms with Crippen molar-refractivity contribution in [2.45, 2.75) is 18.6 Å². The van der Waals surface area contributed by atoms with Crippen molar-refractivity contribution >= 4 is 34.1 Å². The SMILES string of the molecule is CSC(C)(C)CNc1scnc1C(=O)O. The van der Waals surface area contributed by atoms with E-state index >= 15 is 0 Å². The van der Waals surface area contributed by atoms with E-state index in [4.69, 9.17) is 5.11 Å². The van der Waals surface area contributed by atoms with Gasteiger partial charge in [0.15, 0.2) is 5.69 Å². The van der Waals surface area contributed by atoms with Gasteiger partial charge in [0.25, 0.3) is 0 Å². The van der Waals surface area contributed by atoms with Crippen molar-refractivity contribution in [2.75, 3.05) is 18.1 Å². The third kappa shape index (κ3) is 3.39. The molecule has 15 heavy (non-hydrogen) atoms. The van der Waals surface area contributed by atoms with Gasteiger partial charge in [0.2, 0.25) is 0 Å². The van der Waals surface area contributed by atoms with Crippen LogP contribution in [0, 0.1) is 0 Å². The Bertz CT molecular complexity index is 350. The first-order valence-electron chi connectivity index (χ1n) is 4.42. The highest BCUT2D eigenvalue weighted by Gasteiger charge is 2.18. The van der Waals surface area contributed by atoms with Crippen LogP contribution >= 0.6 is 23.1 Å². The lowest BCUT2D eigenvalue weighted by atomic mass is 10.2. The smallest absolute Gasteiger partial charge is 0.357 e. The molecule has 0 amide bonds. The Morgan fingerprint density at radius 3 is 2.93 bits per heavy atom. The predicted octanol–water partition coefficient (Wildman–Crippen LogP) is 2.39. The average Bonchev–Trinajstić information content (AvgIpc) is 2.63. The van der Waals surface area contributed by atoms with Crippen molar-refractivity contribution < 1.29 is 9.90 Å². The van der Waals surface area contributed by atoms with Gasteiger partial charge in [-0.2, -0.15) is 11.8 Å². The minimum Gasteiger partial charge on any atom is -0.476 e. The van der Waals surface area contributed by atoms with E-state index in [1.54, 1.807) is 11.8 Å². The van der Waals surface area contributed by atoms with Crippen molar-refractivity contribution in [2.24, 2.45) is 0 Å². The number of rotatable bonds is 5. The maximum atomic E-state index is 10.8. The first-order chi connectivity index (χ1) is 6.96. The van der Waals surface area contributed by atoms with Crippen LogP contribution in [0.1, 0.15) is 24.3 Å². The van der Waals surface area contributed by atoms with Crippen LogP contribution < -0.4 is 5.32 Å². The molecule has 6 heteroatoms. The lowest BCUT2D eigenvalue weighted by Gasteiger charge is -2.22. The Balaban J connectivity index is 2.65. The monoisotopic (exact) mass is 246 g/mol. The van der Waals surface area contributed by atoms with E-state index in [1.807, 2.05) is 6.26 Å². The number of carboxylic acids is 1. The molecule has 2 N–H and O–H groups in total. The topological polar surface area (TPSA) is 62.2 Å². The highest BCUT2D eigenvalue weighted by Crippen LogP contribution is 2.25. The molecule has 0 spiro atoms. The van der Waals surface area contributed by atoms with Crippen LogP contribution in [0.15, 0.2) is 5.51 Å². The van der Waals surface area contributed by atoms with Crippen LogP contribution in [0.5, 0.6) is 0 Å². The zero-order valence-corrected chi connectivity index (χ0v) is 10.5. The molecule has 0 bridgehead atoms. The molecule has 1 aromatic rings. The number of thiazole rings is 1. The second-order valence-corrected chi connectivity index (χ2v) is 6.02. The molecule has 1 heterocycles. The molecule has 0 radical (unpaired) electrons. The highest BCUT2D eigenvalue weighted by atomic mass is 32.2. The van der Waals surface area contributed by atoms with Crippen LogP contribution in [0.2, 0.25) is 0 Å². The van der Waals surface area contributed by atoms with Crippen LogP contribution in [0.25, 0.3) is 0 Å². The fraction of sp³-hybridized carbons (Fsp3) is 0.556. The molecule has 0 saturated heterocycles. The summed E-state index contributed by atoms with van der Waals surface area (Å²) in [7, 11) is 0. The fourth-order valence-corrected chi connectivity index (χ4v) is 1.78. The molecule has 0 unspecified atom stereocenters. The van der Waals surface area contributed by atoms with Crippen molar-refractivity contribution in [3.63, 3.8) is 0 Å². The van der Waals surface area contributed by atoms with Gasteiger partial charge in [-0.05, 0) is 20.1 Å². The Hall–Kier alpha value is -0.750.